The van der Waals surface area contributed by atoms with Crippen molar-refractivity contribution in [3.63, 3.8) is 0 Å². The van der Waals surface area contributed by atoms with Crippen LogP contribution >= 0.6 is 0 Å². The normalized spacial score (nSPS) is 11.4. The molecule has 0 unspecified atom stereocenters. The van der Waals surface area contributed by atoms with Crippen LogP contribution in [-0.4, -0.2) is 0 Å². The predicted molar refractivity (Wildman–Crippen MR) is 340 cm³/mol. The monoisotopic (exact) mass is 1370 g/mol. The summed E-state index contributed by atoms with van der Waals surface area (Å²) in [4.78, 5) is 0. The van der Waals surface area contributed by atoms with E-state index >= 15 is 0 Å². The molecule has 0 aliphatic rings. The number of ether oxygens (including phenoxy) is 2. The quantitative estimate of drug-likeness (QED) is 0.0630. The molecule has 0 radical (unpaired) electrons. The predicted octanol–water partition coefficient (Wildman–Crippen LogP) is 24.4. The van der Waals surface area contributed by atoms with Crippen molar-refractivity contribution in [2.24, 2.45) is 0 Å². The maximum atomic E-state index is 14.9. The Morgan fingerprint density at radius 2 is 0.490 bits per heavy atom. The van der Waals surface area contributed by atoms with Gasteiger partial charge in [0.2, 0.25) is 0 Å². The van der Waals surface area contributed by atoms with Gasteiger partial charge in [0.25, 0.3) is 0 Å². The van der Waals surface area contributed by atoms with Gasteiger partial charge in [-0.15, -0.1) is 0 Å². The second-order valence-electron chi connectivity index (χ2n) is 22.6. The molecular formula is C78H56F18O2. The number of benzene rings is 11. The minimum Gasteiger partial charge on any atom is -0.429 e. The van der Waals surface area contributed by atoms with Crippen LogP contribution in [0.25, 0.3) is 66.8 Å². The van der Waals surface area contributed by atoms with Gasteiger partial charge in [-0.2, -0.15) is 17.6 Å². The van der Waals surface area contributed by atoms with Crippen molar-refractivity contribution in [1.82, 2.24) is 0 Å². The van der Waals surface area contributed by atoms with E-state index in [1.807, 2.05) is 62.4 Å². The minimum atomic E-state index is -4.74. The van der Waals surface area contributed by atoms with Gasteiger partial charge in [0.05, 0.1) is 0 Å². The molecule has 11 aromatic rings. The van der Waals surface area contributed by atoms with Gasteiger partial charge in [0.1, 0.15) is 69.2 Å². The molecule has 0 amide bonds. The summed E-state index contributed by atoms with van der Waals surface area (Å²) in [6.45, 7) is 7.32. The zero-order valence-electron chi connectivity index (χ0n) is 52.3. The zero-order chi connectivity index (χ0) is 70.9. The highest BCUT2D eigenvalue weighted by molar-refractivity contribution is 5.75. The number of aryl methyl sites for hydroxylation is 3. The van der Waals surface area contributed by atoms with Crippen molar-refractivity contribution in [3.8, 4) is 78.3 Å². The average Bonchev–Trinajstić information content (AvgIpc) is 0.777. The van der Waals surface area contributed by atoms with Crippen molar-refractivity contribution < 1.29 is 88.5 Å². The lowest BCUT2D eigenvalue weighted by molar-refractivity contribution is -0.190. The molecule has 11 aromatic carbocycles. The average molecular weight is 1370 g/mol. The minimum absolute atomic E-state index is 0.00494. The third-order valence-electron chi connectivity index (χ3n) is 15.6. The van der Waals surface area contributed by atoms with Crippen molar-refractivity contribution in [3.05, 3.63) is 309 Å². The van der Waals surface area contributed by atoms with Crippen LogP contribution in [0.3, 0.4) is 0 Å². The Balaban J connectivity index is 0.000000173. The van der Waals surface area contributed by atoms with Crippen molar-refractivity contribution in [2.45, 2.75) is 78.4 Å². The highest BCUT2D eigenvalue weighted by Crippen LogP contribution is 2.41. The second-order valence-corrected chi connectivity index (χ2v) is 22.6. The van der Waals surface area contributed by atoms with Crippen LogP contribution < -0.4 is 9.47 Å². The molecule has 98 heavy (non-hydrogen) atoms. The highest BCUT2D eigenvalue weighted by Gasteiger charge is 2.43. The molecule has 506 valence electrons. The molecule has 0 heterocycles. The zero-order valence-corrected chi connectivity index (χ0v) is 52.3. The van der Waals surface area contributed by atoms with Crippen LogP contribution in [0.1, 0.15) is 73.4 Å². The summed E-state index contributed by atoms with van der Waals surface area (Å²) >= 11 is 0. The lowest BCUT2D eigenvalue weighted by Gasteiger charge is -2.20. The maximum absolute atomic E-state index is 14.9. The van der Waals surface area contributed by atoms with Crippen molar-refractivity contribution >= 4 is 0 Å². The van der Waals surface area contributed by atoms with E-state index in [-0.39, 0.29) is 39.9 Å². The van der Waals surface area contributed by atoms with E-state index in [4.69, 9.17) is 0 Å². The Morgan fingerprint density at radius 1 is 0.255 bits per heavy atom. The summed E-state index contributed by atoms with van der Waals surface area (Å²) in [5, 5.41) is 0. The third kappa shape index (κ3) is 16.9. The third-order valence-corrected chi connectivity index (χ3v) is 15.6. The SMILES string of the molecule is CCCc1ccc(-c2cc(F)c(C(F)(F)Oc3cc(F)c(C)c(F)c3)c(F)c2)cc1.CCCc1ccc(-c2ccc(-c3cc(F)c(C(F)(F)Oc4cc(F)c(F)c(F)c4)c(F)c3)c(F)c2)cc1.CCCc1ccc(-c2ccc(-c3ccc(-c4cc(F)c(F)c(F)c4)c(F)c3)cc2)cc1. The van der Waals surface area contributed by atoms with E-state index in [9.17, 15) is 79.0 Å². The fourth-order valence-electron chi connectivity index (χ4n) is 10.6. The first-order valence-electron chi connectivity index (χ1n) is 30.4. The molecule has 0 saturated carbocycles. The number of halogens is 18. The van der Waals surface area contributed by atoms with Crippen LogP contribution in [0.2, 0.25) is 0 Å². The molecule has 0 bridgehead atoms. The molecule has 0 spiro atoms. The van der Waals surface area contributed by atoms with Gasteiger partial charge in [0, 0.05) is 41.0 Å². The Bertz CT molecular complexity index is 4530. The van der Waals surface area contributed by atoms with Gasteiger partial charge in [-0.25, -0.2) is 61.5 Å². The molecule has 20 heteroatoms. The molecule has 2 nitrogen and oxygen atoms in total. The Hall–Kier alpha value is -10.2. The lowest BCUT2D eigenvalue weighted by atomic mass is 9.97. The smallest absolute Gasteiger partial charge is 0.429 e. The molecule has 0 aliphatic carbocycles. The number of hydrogen-bond donors (Lipinski definition) is 0. The Morgan fingerprint density at radius 3 is 0.796 bits per heavy atom. The standard InChI is InChI=1S/C28H18F8O.C27H20F4.C23H18F6O/c1-2-3-15-4-6-16(7-5-15)17-8-9-20(21(29)10-17)18-11-22(30)26(23(31)12-18)28(35,36)37-19-13-24(32)27(34)25(33)14-19;1-2-3-17-4-6-18(7-5-17)19-8-10-20(11-9-19)21-12-13-23(24(28)14-21)22-15-25(29)27(31)26(30)16-22;1-3-4-14-5-7-15(8-6-14)16-9-20(26)22(21(27)10-16)23(28,29)30-17-11-18(24)13(2)19(25)12-17/h4-14H,2-3H2,1H3;4-16H,2-3H2,1H3;5-12H,3-4H2,1-2H3. The molecule has 0 atom stereocenters. The molecule has 0 saturated heterocycles. The van der Waals surface area contributed by atoms with Gasteiger partial charge < -0.3 is 9.47 Å². The lowest BCUT2D eigenvalue weighted by Crippen LogP contribution is -2.25. The van der Waals surface area contributed by atoms with Crippen LogP contribution in [0.4, 0.5) is 79.0 Å². The van der Waals surface area contributed by atoms with Gasteiger partial charge in [0.15, 0.2) is 34.9 Å². The fourth-order valence-corrected chi connectivity index (χ4v) is 10.6. The first kappa shape index (κ1) is 72.0. The molecular weight excluding hydrogens is 1310 g/mol. The summed E-state index contributed by atoms with van der Waals surface area (Å²) < 4.78 is 261. The van der Waals surface area contributed by atoms with Crippen LogP contribution in [0.15, 0.2) is 194 Å². The molecule has 0 aliphatic heterocycles. The van der Waals surface area contributed by atoms with Crippen LogP contribution in [0.5, 0.6) is 11.5 Å². The maximum Gasteiger partial charge on any atom is 0.432 e. The van der Waals surface area contributed by atoms with Gasteiger partial charge in [-0.1, -0.05) is 161 Å². The number of rotatable bonds is 18. The van der Waals surface area contributed by atoms with E-state index < -0.39 is 122 Å². The van der Waals surface area contributed by atoms with E-state index in [1.54, 1.807) is 30.3 Å². The van der Waals surface area contributed by atoms with Gasteiger partial charge in [-0.3, -0.25) is 0 Å². The number of hydrogen-bond acceptors (Lipinski definition) is 2. The topological polar surface area (TPSA) is 18.5 Å². The summed E-state index contributed by atoms with van der Waals surface area (Å²) in [6, 6.07) is 44.2. The van der Waals surface area contributed by atoms with E-state index in [1.165, 1.54) is 29.8 Å². The van der Waals surface area contributed by atoms with E-state index in [0.717, 1.165) is 104 Å². The Kier molecular flexibility index (Phi) is 22.7. The van der Waals surface area contributed by atoms with Crippen molar-refractivity contribution in [1.29, 1.82) is 0 Å². The van der Waals surface area contributed by atoms with Gasteiger partial charge >= 0.3 is 12.2 Å². The summed E-state index contributed by atoms with van der Waals surface area (Å²) in [5.74, 6) is -22.4. The second kappa shape index (κ2) is 30.9. The largest absolute Gasteiger partial charge is 0.432 e. The fraction of sp³-hybridized carbons (Fsp3) is 0.154. The van der Waals surface area contributed by atoms with Gasteiger partial charge in [-0.05, 0) is 147 Å². The van der Waals surface area contributed by atoms with Crippen LogP contribution in [-0.2, 0) is 31.5 Å². The highest BCUT2D eigenvalue weighted by atomic mass is 19.3. The Labute approximate surface area is 552 Å². The first-order chi connectivity index (χ1) is 46.6. The van der Waals surface area contributed by atoms with Crippen LogP contribution in [0, 0.1) is 88.4 Å². The first-order valence-corrected chi connectivity index (χ1v) is 30.4. The summed E-state index contributed by atoms with van der Waals surface area (Å²) in [5.41, 5.74) is 4.23. The summed E-state index contributed by atoms with van der Waals surface area (Å²) in [7, 11) is 0. The molecule has 11 rings (SSSR count). The van der Waals surface area contributed by atoms with E-state index in [2.05, 4.69) is 40.7 Å². The number of alkyl halides is 4. The molecule has 0 N–H and O–H groups in total. The molecule has 0 fully saturated rings. The molecule has 0 aromatic heterocycles. The van der Waals surface area contributed by atoms with Crippen molar-refractivity contribution in [2.75, 3.05) is 0 Å². The summed E-state index contributed by atoms with van der Waals surface area (Å²) in [6.07, 6.45) is -3.45. The van der Waals surface area contributed by atoms with E-state index in [0.29, 0.717) is 46.5 Å².